The van der Waals surface area contributed by atoms with E-state index >= 15 is 0 Å². The zero-order valence-corrected chi connectivity index (χ0v) is 19.3. The molecule has 2 amide bonds. The van der Waals surface area contributed by atoms with Gasteiger partial charge in [0.25, 0.3) is 11.8 Å². The smallest absolute Gasteiger partial charge is 0.259 e. The Morgan fingerprint density at radius 1 is 1.03 bits per heavy atom. The molecule has 170 valence electrons. The fourth-order valence-electron chi connectivity index (χ4n) is 3.69. The fourth-order valence-corrected chi connectivity index (χ4v) is 5.54. The maximum atomic E-state index is 13.6. The summed E-state index contributed by atoms with van der Waals surface area (Å²) in [5, 5.41) is 3.20. The van der Waals surface area contributed by atoms with E-state index in [1.165, 1.54) is 42.3 Å². The van der Waals surface area contributed by atoms with Crippen molar-refractivity contribution in [2.45, 2.75) is 16.3 Å². The Labute approximate surface area is 196 Å². The molecule has 0 aromatic heterocycles. The molecule has 0 saturated carbocycles. The highest BCUT2D eigenvalue weighted by molar-refractivity contribution is 7.91. The Morgan fingerprint density at radius 2 is 1.82 bits per heavy atom. The third-order valence-electron chi connectivity index (χ3n) is 5.28. The number of methoxy groups -OCH3 is 1. The van der Waals surface area contributed by atoms with Crippen LogP contribution in [-0.2, 0) is 21.1 Å². The van der Waals surface area contributed by atoms with Gasteiger partial charge in [-0.1, -0.05) is 35.9 Å². The van der Waals surface area contributed by atoms with E-state index in [0.717, 1.165) is 0 Å². The van der Waals surface area contributed by atoms with Crippen molar-refractivity contribution >= 4 is 38.9 Å². The molecule has 1 heterocycles. The predicted octanol–water partition coefficient (Wildman–Crippen LogP) is 3.71. The first kappa shape index (κ1) is 23.0. The number of carbonyl (C=O) groups is 2. The van der Waals surface area contributed by atoms with Crippen molar-refractivity contribution in [1.82, 2.24) is 5.32 Å². The lowest BCUT2D eigenvalue weighted by atomic mass is 10.1. The van der Waals surface area contributed by atoms with Crippen LogP contribution < -0.4 is 10.2 Å². The number of carbonyl (C=O) groups excluding carboxylic acids is 2. The minimum absolute atomic E-state index is 0.0451. The molecular weight excluding hydrogens is 464 g/mol. The zero-order chi connectivity index (χ0) is 23.6. The SMILES string of the molecule is COCCNC(=O)c1ccc2c(c1)N(Cc1cccc(Cl)c1)C(=O)c1ccccc1S2(=O)=O. The van der Waals surface area contributed by atoms with Gasteiger partial charge in [0.2, 0.25) is 9.84 Å². The number of hydrogen-bond acceptors (Lipinski definition) is 5. The molecule has 7 nitrogen and oxygen atoms in total. The minimum Gasteiger partial charge on any atom is -0.383 e. The third kappa shape index (κ3) is 4.50. The van der Waals surface area contributed by atoms with Gasteiger partial charge < -0.3 is 15.0 Å². The van der Waals surface area contributed by atoms with Crippen LogP contribution in [0.25, 0.3) is 0 Å². The number of ether oxygens (including phenoxy) is 1. The van der Waals surface area contributed by atoms with Crippen LogP contribution in [0.15, 0.2) is 76.5 Å². The molecule has 9 heteroatoms. The number of anilines is 1. The molecule has 3 aromatic carbocycles. The number of hydrogen-bond donors (Lipinski definition) is 1. The summed E-state index contributed by atoms with van der Waals surface area (Å²) in [6, 6.07) is 17.3. The molecule has 0 radical (unpaired) electrons. The minimum atomic E-state index is -4.01. The van der Waals surface area contributed by atoms with E-state index in [1.807, 2.05) is 0 Å². The number of sulfone groups is 1. The van der Waals surface area contributed by atoms with Gasteiger partial charge in [-0.25, -0.2) is 8.42 Å². The lowest BCUT2D eigenvalue weighted by Crippen LogP contribution is -2.31. The lowest BCUT2D eigenvalue weighted by molar-refractivity contribution is 0.0934. The van der Waals surface area contributed by atoms with E-state index < -0.39 is 21.7 Å². The Hall–Kier alpha value is -3.20. The lowest BCUT2D eigenvalue weighted by Gasteiger charge is -2.23. The fraction of sp³-hybridized carbons (Fsp3) is 0.167. The van der Waals surface area contributed by atoms with Crippen molar-refractivity contribution in [3.8, 4) is 0 Å². The van der Waals surface area contributed by atoms with Gasteiger partial charge in [-0.05, 0) is 48.0 Å². The van der Waals surface area contributed by atoms with Crippen LogP contribution in [0.5, 0.6) is 0 Å². The highest BCUT2D eigenvalue weighted by Gasteiger charge is 2.36. The van der Waals surface area contributed by atoms with Gasteiger partial charge in [0.1, 0.15) is 0 Å². The molecule has 1 N–H and O–H groups in total. The Kier molecular flexibility index (Phi) is 6.51. The number of halogens is 1. The Balaban J connectivity index is 1.87. The molecule has 0 bridgehead atoms. The molecular formula is C24H21ClN2O5S. The summed E-state index contributed by atoms with van der Waals surface area (Å²) >= 11 is 6.12. The molecule has 0 fully saturated rings. The van der Waals surface area contributed by atoms with Crippen LogP contribution in [-0.4, -0.2) is 40.5 Å². The summed E-state index contributed by atoms with van der Waals surface area (Å²) < 4.78 is 31.9. The number of benzene rings is 3. The maximum absolute atomic E-state index is 13.6. The Morgan fingerprint density at radius 3 is 2.58 bits per heavy atom. The monoisotopic (exact) mass is 484 g/mol. The molecule has 1 aliphatic rings. The van der Waals surface area contributed by atoms with Gasteiger partial charge in [0.15, 0.2) is 0 Å². The molecule has 4 rings (SSSR count). The van der Waals surface area contributed by atoms with E-state index in [-0.39, 0.29) is 33.2 Å². The van der Waals surface area contributed by atoms with Gasteiger partial charge in [0, 0.05) is 24.2 Å². The van der Waals surface area contributed by atoms with Crippen molar-refractivity contribution in [3.63, 3.8) is 0 Å². The van der Waals surface area contributed by atoms with Gasteiger partial charge in [-0.2, -0.15) is 0 Å². The molecule has 0 spiro atoms. The second-order valence-corrected chi connectivity index (χ2v) is 9.77. The zero-order valence-electron chi connectivity index (χ0n) is 17.7. The van der Waals surface area contributed by atoms with Crippen LogP contribution in [0.3, 0.4) is 0 Å². The van der Waals surface area contributed by atoms with Crippen molar-refractivity contribution in [1.29, 1.82) is 0 Å². The van der Waals surface area contributed by atoms with Gasteiger partial charge in [0.05, 0.1) is 34.2 Å². The summed E-state index contributed by atoms with van der Waals surface area (Å²) in [7, 11) is -2.48. The highest BCUT2D eigenvalue weighted by atomic mass is 35.5. The quantitative estimate of drug-likeness (QED) is 0.538. The molecule has 3 aromatic rings. The highest BCUT2D eigenvalue weighted by Crippen LogP contribution is 2.38. The number of amides is 2. The van der Waals surface area contributed by atoms with Crippen molar-refractivity contribution in [3.05, 3.63) is 88.4 Å². The van der Waals surface area contributed by atoms with Crippen LogP contribution in [0, 0.1) is 0 Å². The predicted molar refractivity (Wildman–Crippen MR) is 125 cm³/mol. The van der Waals surface area contributed by atoms with E-state index in [9.17, 15) is 18.0 Å². The van der Waals surface area contributed by atoms with Crippen LogP contribution in [0.2, 0.25) is 5.02 Å². The second kappa shape index (κ2) is 9.35. The standard InChI is InChI=1S/C24H21ClN2O5S/c1-32-12-11-26-23(28)17-9-10-22-20(14-17)27(15-16-5-4-6-18(25)13-16)24(29)19-7-2-3-8-21(19)33(22,30)31/h2-10,13-14H,11-12,15H2,1H3,(H,26,28). The number of nitrogens with one attached hydrogen (secondary N) is 1. The first-order chi connectivity index (χ1) is 15.8. The van der Waals surface area contributed by atoms with Gasteiger partial charge in [-0.15, -0.1) is 0 Å². The van der Waals surface area contributed by atoms with E-state index in [0.29, 0.717) is 23.7 Å². The van der Waals surface area contributed by atoms with Gasteiger partial charge >= 0.3 is 0 Å². The van der Waals surface area contributed by atoms with Gasteiger partial charge in [-0.3, -0.25) is 9.59 Å². The summed E-state index contributed by atoms with van der Waals surface area (Å²) in [5.74, 6) is -0.881. The first-order valence-electron chi connectivity index (χ1n) is 10.1. The average Bonchev–Trinajstić information content (AvgIpc) is 2.87. The summed E-state index contributed by atoms with van der Waals surface area (Å²) in [6.07, 6.45) is 0. The summed E-state index contributed by atoms with van der Waals surface area (Å²) in [6.45, 7) is 0.700. The summed E-state index contributed by atoms with van der Waals surface area (Å²) in [4.78, 5) is 27.5. The molecule has 33 heavy (non-hydrogen) atoms. The Bertz CT molecular complexity index is 1340. The maximum Gasteiger partial charge on any atom is 0.259 e. The molecule has 0 unspecified atom stereocenters. The first-order valence-corrected chi connectivity index (χ1v) is 12.0. The van der Waals surface area contributed by atoms with E-state index in [4.69, 9.17) is 16.3 Å². The van der Waals surface area contributed by atoms with Crippen molar-refractivity contribution < 1.29 is 22.7 Å². The number of rotatable bonds is 6. The van der Waals surface area contributed by atoms with Crippen molar-refractivity contribution in [2.24, 2.45) is 0 Å². The normalized spacial score (nSPS) is 14.2. The van der Waals surface area contributed by atoms with E-state index in [1.54, 1.807) is 36.4 Å². The number of fused-ring (bicyclic) bond motifs is 2. The van der Waals surface area contributed by atoms with Crippen molar-refractivity contribution in [2.75, 3.05) is 25.2 Å². The topological polar surface area (TPSA) is 92.8 Å². The average molecular weight is 485 g/mol. The van der Waals surface area contributed by atoms with Crippen LogP contribution in [0.4, 0.5) is 5.69 Å². The van der Waals surface area contributed by atoms with E-state index in [2.05, 4.69) is 5.32 Å². The molecule has 0 atom stereocenters. The van der Waals surface area contributed by atoms with Crippen LogP contribution in [0.1, 0.15) is 26.3 Å². The second-order valence-electron chi connectivity index (χ2n) is 7.45. The molecule has 0 saturated heterocycles. The largest absolute Gasteiger partial charge is 0.383 e. The molecule has 0 aliphatic carbocycles. The molecule has 1 aliphatic heterocycles. The number of nitrogens with zero attached hydrogens (tertiary/aromatic N) is 1. The summed E-state index contributed by atoms with van der Waals surface area (Å²) in [5.41, 5.74) is 1.15. The third-order valence-corrected chi connectivity index (χ3v) is 7.37. The van der Waals surface area contributed by atoms with Crippen LogP contribution >= 0.6 is 11.6 Å².